The SMILES string of the molecule is O=C(Oc1c(Cl)cccc1Cl)Oc1c(Cl)cccc1Cl. The van der Waals surface area contributed by atoms with Crippen molar-refractivity contribution in [2.24, 2.45) is 0 Å². The fourth-order valence-corrected chi connectivity index (χ4v) is 2.30. The maximum atomic E-state index is 11.7. The topological polar surface area (TPSA) is 35.5 Å². The molecule has 0 amide bonds. The third-order valence-corrected chi connectivity index (χ3v) is 3.40. The fourth-order valence-electron chi connectivity index (χ4n) is 1.35. The molecule has 7 heteroatoms. The third kappa shape index (κ3) is 3.49. The molecule has 2 aromatic carbocycles. The molecular formula is C13H6Cl4O3. The molecule has 2 rings (SSSR count). The van der Waals surface area contributed by atoms with Crippen molar-refractivity contribution in [1.29, 1.82) is 0 Å². The molecule has 3 nitrogen and oxygen atoms in total. The summed E-state index contributed by atoms with van der Waals surface area (Å²) in [6, 6.07) is 9.34. The van der Waals surface area contributed by atoms with Gasteiger partial charge in [-0.25, -0.2) is 4.79 Å². The Balaban J connectivity index is 2.18. The summed E-state index contributed by atoms with van der Waals surface area (Å²) < 4.78 is 9.90. The summed E-state index contributed by atoms with van der Waals surface area (Å²) in [6.07, 6.45) is -1.05. The summed E-state index contributed by atoms with van der Waals surface area (Å²) >= 11 is 23.5. The molecule has 104 valence electrons. The van der Waals surface area contributed by atoms with E-state index in [9.17, 15) is 4.79 Å². The molecule has 0 unspecified atom stereocenters. The number of benzene rings is 2. The second-order valence-corrected chi connectivity index (χ2v) is 5.18. The van der Waals surface area contributed by atoms with Gasteiger partial charge in [-0.05, 0) is 24.3 Å². The molecule has 0 fully saturated rings. The van der Waals surface area contributed by atoms with Crippen molar-refractivity contribution in [3.8, 4) is 11.5 Å². The van der Waals surface area contributed by atoms with Crippen molar-refractivity contribution >= 4 is 52.6 Å². The number of halogens is 4. The quantitative estimate of drug-likeness (QED) is 0.500. The summed E-state index contributed by atoms with van der Waals surface area (Å²) in [6.45, 7) is 0. The first-order chi connectivity index (χ1) is 9.49. The van der Waals surface area contributed by atoms with Crippen LogP contribution in [-0.2, 0) is 0 Å². The molecule has 0 saturated carbocycles. The molecule has 0 aromatic heterocycles. The van der Waals surface area contributed by atoms with Gasteiger partial charge in [0.15, 0.2) is 11.5 Å². The van der Waals surface area contributed by atoms with E-state index in [0.29, 0.717) is 0 Å². The van der Waals surface area contributed by atoms with Gasteiger partial charge in [0.05, 0.1) is 20.1 Å². The lowest BCUT2D eigenvalue weighted by atomic mass is 10.3. The predicted octanol–water partition coefficient (Wildman–Crippen LogP) is 5.88. The predicted molar refractivity (Wildman–Crippen MR) is 79.6 cm³/mol. The largest absolute Gasteiger partial charge is 0.519 e. The highest BCUT2D eigenvalue weighted by molar-refractivity contribution is 6.38. The lowest BCUT2D eigenvalue weighted by molar-refractivity contribution is 0.152. The molecule has 2 aromatic rings. The van der Waals surface area contributed by atoms with Crippen LogP contribution in [0.5, 0.6) is 11.5 Å². The first-order valence-corrected chi connectivity index (χ1v) is 6.78. The van der Waals surface area contributed by atoms with E-state index >= 15 is 0 Å². The third-order valence-electron chi connectivity index (χ3n) is 2.21. The van der Waals surface area contributed by atoms with Crippen LogP contribution in [0.3, 0.4) is 0 Å². The first-order valence-electron chi connectivity index (χ1n) is 5.26. The van der Waals surface area contributed by atoms with Crippen LogP contribution in [0.15, 0.2) is 36.4 Å². The highest BCUT2D eigenvalue weighted by Crippen LogP contribution is 2.35. The molecule has 0 bridgehead atoms. The lowest BCUT2D eigenvalue weighted by Crippen LogP contribution is -2.14. The summed E-state index contributed by atoms with van der Waals surface area (Å²) in [5.74, 6) is 0.00742. The van der Waals surface area contributed by atoms with E-state index in [1.807, 2.05) is 0 Å². The summed E-state index contributed by atoms with van der Waals surface area (Å²) in [7, 11) is 0. The van der Waals surface area contributed by atoms with Gasteiger partial charge in [-0.15, -0.1) is 0 Å². The second-order valence-electron chi connectivity index (χ2n) is 3.56. The lowest BCUT2D eigenvalue weighted by Gasteiger charge is -2.10. The van der Waals surface area contributed by atoms with Gasteiger partial charge in [0.1, 0.15) is 0 Å². The van der Waals surface area contributed by atoms with E-state index in [4.69, 9.17) is 55.9 Å². The van der Waals surface area contributed by atoms with Gasteiger partial charge >= 0.3 is 6.16 Å². The minimum absolute atomic E-state index is 0.00371. The van der Waals surface area contributed by atoms with Crippen LogP contribution in [0.1, 0.15) is 0 Å². The zero-order valence-corrected chi connectivity index (χ0v) is 12.7. The van der Waals surface area contributed by atoms with Crippen molar-refractivity contribution in [1.82, 2.24) is 0 Å². The van der Waals surface area contributed by atoms with Gasteiger partial charge in [-0.3, -0.25) is 0 Å². The Kier molecular flexibility index (Phi) is 5.00. The van der Waals surface area contributed by atoms with E-state index < -0.39 is 6.16 Å². The monoisotopic (exact) mass is 350 g/mol. The Morgan fingerprint density at radius 3 is 1.30 bits per heavy atom. The fraction of sp³-hybridized carbons (Fsp3) is 0. The van der Waals surface area contributed by atoms with Crippen LogP contribution in [0.25, 0.3) is 0 Å². The van der Waals surface area contributed by atoms with Crippen molar-refractivity contribution in [3.63, 3.8) is 0 Å². The molecule has 0 saturated heterocycles. The van der Waals surface area contributed by atoms with Crippen LogP contribution in [0.4, 0.5) is 4.79 Å². The maximum absolute atomic E-state index is 11.7. The molecule has 0 aliphatic rings. The number of carbonyl (C=O) groups is 1. The minimum Gasteiger partial charge on any atom is -0.392 e. The van der Waals surface area contributed by atoms with E-state index in [1.54, 1.807) is 12.1 Å². The molecule has 0 aliphatic heterocycles. The van der Waals surface area contributed by atoms with E-state index in [2.05, 4.69) is 0 Å². The normalized spacial score (nSPS) is 10.2. The Morgan fingerprint density at radius 1 is 0.700 bits per heavy atom. The molecular weight excluding hydrogens is 346 g/mol. The molecule has 0 heterocycles. The molecule has 20 heavy (non-hydrogen) atoms. The number of ether oxygens (including phenoxy) is 2. The number of carbonyl (C=O) groups excluding carboxylic acids is 1. The molecule has 0 atom stereocenters. The number of hydrogen-bond donors (Lipinski definition) is 0. The standard InChI is InChI=1S/C13H6Cl4O3/c14-7-3-1-4-8(15)11(7)19-13(18)20-12-9(16)5-2-6-10(12)17/h1-6H. The summed E-state index contributed by atoms with van der Waals surface area (Å²) in [4.78, 5) is 11.7. The number of para-hydroxylation sites is 2. The van der Waals surface area contributed by atoms with Gasteiger partial charge in [0.2, 0.25) is 0 Å². The van der Waals surface area contributed by atoms with Crippen LogP contribution in [0, 0.1) is 0 Å². The highest BCUT2D eigenvalue weighted by atomic mass is 35.5. The molecule has 0 N–H and O–H groups in total. The minimum atomic E-state index is -1.05. The second kappa shape index (κ2) is 6.55. The van der Waals surface area contributed by atoms with Crippen LogP contribution < -0.4 is 9.47 Å². The average molecular weight is 352 g/mol. The average Bonchev–Trinajstić information content (AvgIpc) is 2.39. The highest BCUT2D eigenvalue weighted by Gasteiger charge is 2.17. The van der Waals surface area contributed by atoms with Crippen molar-refractivity contribution in [2.45, 2.75) is 0 Å². The van der Waals surface area contributed by atoms with E-state index in [1.165, 1.54) is 24.3 Å². The maximum Gasteiger partial charge on any atom is 0.519 e. The van der Waals surface area contributed by atoms with Crippen LogP contribution >= 0.6 is 46.4 Å². The van der Waals surface area contributed by atoms with Gasteiger partial charge in [0, 0.05) is 0 Å². The Morgan fingerprint density at radius 2 is 1.00 bits per heavy atom. The Bertz CT molecular complexity index is 562. The van der Waals surface area contributed by atoms with Crippen molar-refractivity contribution in [2.75, 3.05) is 0 Å². The van der Waals surface area contributed by atoms with Gasteiger partial charge in [-0.2, -0.15) is 0 Å². The van der Waals surface area contributed by atoms with Gasteiger partial charge in [-0.1, -0.05) is 58.5 Å². The summed E-state index contributed by atoms with van der Waals surface area (Å²) in [5.41, 5.74) is 0. The van der Waals surface area contributed by atoms with Gasteiger partial charge < -0.3 is 9.47 Å². The van der Waals surface area contributed by atoms with Crippen molar-refractivity contribution in [3.05, 3.63) is 56.5 Å². The smallest absolute Gasteiger partial charge is 0.392 e. The van der Waals surface area contributed by atoms with E-state index in [0.717, 1.165) is 0 Å². The number of hydrogen-bond acceptors (Lipinski definition) is 3. The summed E-state index contributed by atoms with van der Waals surface area (Å²) in [5, 5.41) is 0.721. The Hall–Kier alpha value is -1.13. The van der Waals surface area contributed by atoms with E-state index in [-0.39, 0.29) is 31.6 Å². The zero-order chi connectivity index (χ0) is 14.7. The molecule has 0 radical (unpaired) electrons. The first kappa shape index (κ1) is 15.3. The molecule has 0 spiro atoms. The number of rotatable bonds is 2. The van der Waals surface area contributed by atoms with Crippen molar-refractivity contribution < 1.29 is 14.3 Å². The van der Waals surface area contributed by atoms with Crippen LogP contribution in [0.2, 0.25) is 20.1 Å². The molecule has 0 aliphatic carbocycles. The van der Waals surface area contributed by atoms with Gasteiger partial charge in [0.25, 0.3) is 0 Å². The van der Waals surface area contributed by atoms with Crippen LogP contribution in [-0.4, -0.2) is 6.16 Å². The zero-order valence-electron chi connectivity index (χ0n) is 9.70. The Labute approximate surface area is 134 Å².